The molecule has 0 aliphatic rings. The molecule has 0 aromatic carbocycles. The van der Waals surface area contributed by atoms with Gasteiger partial charge in [0.15, 0.2) is 11.0 Å². The van der Waals surface area contributed by atoms with E-state index in [-0.39, 0.29) is 16.9 Å². The lowest BCUT2D eigenvalue weighted by molar-refractivity contribution is 0.397. The van der Waals surface area contributed by atoms with Crippen molar-refractivity contribution in [2.75, 3.05) is 17.7 Å². The highest BCUT2D eigenvalue weighted by Crippen LogP contribution is 2.26. The van der Waals surface area contributed by atoms with Gasteiger partial charge in [-0.25, -0.2) is 4.39 Å². The zero-order valence-corrected chi connectivity index (χ0v) is 14.5. The number of H-pyrrole nitrogens is 1. The maximum atomic E-state index is 14.3. The molecule has 0 unspecified atom stereocenters. The summed E-state index contributed by atoms with van der Waals surface area (Å²) in [4.78, 5) is 11.8. The molecule has 0 aliphatic carbocycles. The van der Waals surface area contributed by atoms with Gasteiger partial charge in [0.2, 0.25) is 17.6 Å². The Balaban J connectivity index is 1.82. The molecule has 3 aromatic heterocycles. The smallest absolute Gasteiger partial charge is 0.234 e. The Kier molecular flexibility index (Phi) is 5.12. The number of aromatic amines is 1. The van der Waals surface area contributed by atoms with Crippen LogP contribution in [0.1, 0.15) is 18.7 Å². The summed E-state index contributed by atoms with van der Waals surface area (Å²) in [5.41, 5.74) is 0.508. The molecule has 0 spiro atoms. The van der Waals surface area contributed by atoms with Gasteiger partial charge in [-0.2, -0.15) is 14.4 Å². The Hall–Kier alpha value is -3.01. The molecule has 0 amide bonds. The third-order valence-electron chi connectivity index (χ3n) is 3.37. The normalized spacial score (nSPS) is 11.9. The standard InChI is InChI=1S/C15H14ClF2N7O/c1-7(9-4-3-8(17)6-19-9)20-14-12(18)13(16)22-15(23-14)21-10-5-11(26-2)25-24-10/h3-7H,1-2H3,(H3,20,21,22,23,24,25)/t7-/m0/s1. The van der Waals surface area contributed by atoms with E-state index in [0.717, 1.165) is 6.20 Å². The summed E-state index contributed by atoms with van der Waals surface area (Å²) < 4.78 is 32.2. The average Bonchev–Trinajstić information content (AvgIpc) is 3.07. The van der Waals surface area contributed by atoms with E-state index >= 15 is 0 Å². The van der Waals surface area contributed by atoms with Crippen LogP contribution in [0.15, 0.2) is 24.4 Å². The summed E-state index contributed by atoms with van der Waals surface area (Å²) in [5.74, 6) is -0.562. The van der Waals surface area contributed by atoms with Gasteiger partial charge < -0.3 is 15.4 Å². The van der Waals surface area contributed by atoms with Crippen LogP contribution >= 0.6 is 11.6 Å². The van der Waals surface area contributed by atoms with Crippen LogP contribution in [-0.4, -0.2) is 32.3 Å². The number of anilines is 3. The van der Waals surface area contributed by atoms with Crippen molar-refractivity contribution >= 4 is 29.2 Å². The first-order valence-electron chi connectivity index (χ1n) is 7.43. The van der Waals surface area contributed by atoms with Crippen molar-refractivity contribution in [1.82, 2.24) is 25.1 Å². The predicted molar refractivity (Wildman–Crippen MR) is 91.7 cm³/mol. The molecule has 0 radical (unpaired) electrons. The Morgan fingerprint density at radius 2 is 2.08 bits per heavy atom. The third-order valence-corrected chi connectivity index (χ3v) is 3.62. The molecule has 0 saturated carbocycles. The molecule has 3 rings (SSSR count). The van der Waals surface area contributed by atoms with E-state index in [4.69, 9.17) is 16.3 Å². The van der Waals surface area contributed by atoms with Gasteiger partial charge in [0.05, 0.1) is 25.0 Å². The number of pyridine rings is 1. The quantitative estimate of drug-likeness (QED) is 0.562. The van der Waals surface area contributed by atoms with Crippen molar-refractivity contribution in [2.45, 2.75) is 13.0 Å². The number of hydrogen-bond donors (Lipinski definition) is 3. The summed E-state index contributed by atoms with van der Waals surface area (Å²) in [5, 5.41) is 11.8. The summed E-state index contributed by atoms with van der Waals surface area (Å²) in [6, 6.07) is 3.88. The van der Waals surface area contributed by atoms with Crippen LogP contribution < -0.4 is 15.4 Å². The van der Waals surface area contributed by atoms with E-state index < -0.39 is 17.7 Å². The molecule has 3 N–H and O–H groups in total. The number of methoxy groups -OCH3 is 1. The van der Waals surface area contributed by atoms with Gasteiger partial charge in [-0.1, -0.05) is 11.6 Å². The van der Waals surface area contributed by atoms with E-state index in [9.17, 15) is 8.78 Å². The highest BCUT2D eigenvalue weighted by molar-refractivity contribution is 6.29. The summed E-state index contributed by atoms with van der Waals surface area (Å²) in [7, 11) is 1.47. The van der Waals surface area contributed by atoms with Gasteiger partial charge in [-0.3, -0.25) is 10.1 Å². The van der Waals surface area contributed by atoms with E-state index in [1.54, 1.807) is 13.0 Å². The van der Waals surface area contributed by atoms with Crippen LogP contribution in [0.4, 0.5) is 26.4 Å². The first-order chi connectivity index (χ1) is 12.5. The average molecular weight is 382 g/mol. The zero-order chi connectivity index (χ0) is 18.7. The molecule has 3 aromatic rings. The highest BCUT2D eigenvalue weighted by Gasteiger charge is 2.17. The SMILES string of the molecule is COc1cc(Nc2nc(Cl)c(F)c(N[C@@H](C)c3ccc(F)cn3)n2)[nH]n1. The molecular formula is C15H14ClF2N7O. The third kappa shape index (κ3) is 3.97. The van der Waals surface area contributed by atoms with Crippen LogP contribution in [0.5, 0.6) is 5.88 Å². The van der Waals surface area contributed by atoms with E-state index in [0.29, 0.717) is 17.4 Å². The van der Waals surface area contributed by atoms with Crippen LogP contribution in [0, 0.1) is 11.6 Å². The molecule has 0 aliphatic heterocycles. The first-order valence-corrected chi connectivity index (χ1v) is 7.81. The van der Waals surface area contributed by atoms with Gasteiger partial charge in [-0.05, 0) is 19.1 Å². The minimum atomic E-state index is -0.812. The molecule has 0 saturated heterocycles. The van der Waals surface area contributed by atoms with Crippen molar-refractivity contribution in [3.05, 3.63) is 46.9 Å². The highest BCUT2D eigenvalue weighted by atomic mass is 35.5. The van der Waals surface area contributed by atoms with Crippen molar-refractivity contribution in [1.29, 1.82) is 0 Å². The second-order valence-corrected chi connectivity index (χ2v) is 5.57. The number of nitrogens with one attached hydrogen (secondary N) is 3. The Morgan fingerprint density at radius 3 is 2.73 bits per heavy atom. The molecule has 0 fully saturated rings. The largest absolute Gasteiger partial charge is 0.480 e. The van der Waals surface area contributed by atoms with Crippen molar-refractivity contribution in [2.24, 2.45) is 0 Å². The maximum absolute atomic E-state index is 14.3. The number of hydrogen-bond acceptors (Lipinski definition) is 7. The zero-order valence-electron chi connectivity index (χ0n) is 13.7. The van der Waals surface area contributed by atoms with Gasteiger partial charge >= 0.3 is 0 Å². The Bertz CT molecular complexity index is 904. The minimum Gasteiger partial charge on any atom is -0.480 e. The molecule has 11 heteroatoms. The van der Waals surface area contributed by atoms with Crippen LogP contribution in [0.25, 0.3) is 0 Å². The lowest BCUT2D eigenvalue weighted by Gasteiger charge is -2.15. The van der Waals surface area contributed by atoms with Crippen molar-refractivity contribution in [3.63, 3.8) is 0 Å². The van der Waals surface area contributed by atoms with Crippen LogP contribution in [-0.2, 0) is 0 Å². The lowest BCUT2D eigenvalue weighted by Crippen LogP contribution is -2.13. The summed E-state index contributed by atoms with van der Waals surface area (Å²) in [6.45, 7) is 1.72. The minimum absolute atomic E-state index is 0.0458. The number of halogens is 3. The second-order valence-electron chi connectivity index (χ2n) is 5.22. The first kappa shape index (κ1) is 17.8. The maximum Gasteiger partial charge on any atom is 0.234 e. The Labute approximate surface area is 152 Å². The van der Waals surface area contributed by atoms with Crippen molar-refractivity contribution in [3.8, 4) is 5.88 Å². The van der Waals surface area contributed by atoms with Gasteiger partial charge in [0, 0.05) is 6.07 Å². The molecular weight excluding hydrogens is 368 g/mol. The van der Waals surface area contributed by atoms with Gasteiger partial charge in [-0.15, -0.1) is 5.10 Å². The fraction of sp³-hybridized carbons (Fsp3) is 0.200. The molecule has 26 heavy (non-hydrogen) atoms. The van der Waals surface area contributed by atoms with Crippen LogP contribution in [0.2, 0.25) is 5.15 Å². The van der Waals surface area contributed by atoms with E-state index in [1.165, 1.54) is 19.2 Å². The molecule has 8 nitrogen and oxygen atoms in total. The second kappa shape index (κ2) is 7.48. The van der Waals surface area contributed by atoms with Gasteiger partial charge in [0.1, 0.15) is 11.6 Å². The monoisotopic (exact) mass is 381 g/mol. The fourth-order valence-electron chi connectivity index (χ4n) is 2.09. The molecule has 3 heterocycles. The van der Waals surface area contributed by atoms with Gasteiger partial charge in [0.25, 0.3) is 0 Å². The topological polar surface area (TPSA) is 101 Å². The number of aromatic nitrogens is 5. The fourth-order valence-corrected chi connectivity index (χ4v) is 2.26. The van der Waals surface area contributed by atoms with E-state index in [1.807, 2.05) is 0 Å². The van der Waals surface area contributed by atoms with Crippen molar-refractivity contribution < 1.29 is 13.5 Å². The Morgan fingerprint density at radius 1 is 1.27 bits per heavy atom. The summed E-state index contributed by atoms with van der Waals surface area (Å²) >= 11 is 5.85. The number of rotatable bonds is 6. The lowest BCUT2D eigenvalue weighted by atomic mass is 10.2. The van der Waals surface area contributed by atoms with E-state index in [2.05, 4.69) is 35.8 Å². The number of nitrogens with zero attached hydrogens (tertiary/aromatic N) is 4. The number of ether oxygens (including phenoxy) is 1. The molecule has 0 bridgehead atoms. The molecule has 1 atom stereocenters. The van der Waals surface area contributed by atoms with Crippen LogP contribution in [0.3, 0.4) is 0 Å². The molecule has 136 valence electrons. The summed E-state index contributed by atoms with van der Waals surface area (Å²) in [6.07, 6.45) is 1.08. The predicted octanol–water partition coefficient (Wildman–Crippen LogP) is 3.45.